The molecule has 26 heavy (non-hydrogen) atoms. The van der Waals surface area contributed by atoms with E-state index in [1.54, 1.807) is 6.92 Å². The third kappa shape index (κ3) is 3.81. The molecule has 1 aromatic carbocycles. The number of halogens is 1. The van der Waals surface area contributed by atoms with Gasteiger partial charge in [0.05, 0.1) is 19.4 Å². The van der Waals surface area contributed by atoms with Crippen LogP contribution < -0.4 is 0 Å². The molecule has 3 rings (SSSR count). The molecule has 0 spiro atoms. The van der Waals surface area contributed by atoms with E-state index < -0.39 is 36.2 Å². The molecule has 9 heteroatoms. The van der Waals surface area contributed by atoms with Crippen molar-refractivity contribution < 1.29 is 26.5 Å². The molecule has 1 aliphatic heterocycles. The number of amides is 3. The standard InChI is InChI=1S/C17H18ClN4O4/c1-10-8-21(2)17(25)22(16(10)24)9-15-19-14(20-26-15)7-13(23)11-3-5-12(18)6-4-11/h3-6,8,10,13,23H,7,9H2,1-2H3/q+1/t10?,13-/m1/s1/i7D2. The zero-order valence-corrected chi connectivity index (χ0v) is 14.8. The summed E-state index contributed by atoms with van der Waals surface area (Å²) < 4.78 is 22.7. The Balaban J connectivity index is 1.81. The quantitative estimate of drug-likeness (QED) is 0.795. The number of imide groups is 1. The zero-order valence-electron chi connectivity index (χ0n) is 16.1. The van der Waals surface area contributed by atoms with Crippen molar-refractivity contribution in [2.45, 2.75) is 25.9 Å². The number of aromatic nitrogens is 2. The van der Waals surface area contributed by atoms with Crippen molar-refractivity contribution in [3.8, 4) is 0 Å². The summed E-state index contributed by atoms with van der Waals surface area (Å²) in [4.78, 5) is 29.3. The van der Waals surface area contributed by atoms with Crippen molar-refractivity contribution in [1.29, 1.82) is 0 Å². The lowest BCUT2D eigenvalue weighted by Gasteiger charge is -2.18. The number of rotatable bonds is 5. The van der Waals surface area contributed by atoms with Crippen LogP contribution in [0.15, 0.2) is 28.8 Å². The lowest BCUT2D eigenvalue weighted by Crippen LogP contribution is -2.48. The smallest absolute Gasteiger partial charge is 0.388 e. The SMILES string of the molecule is [2H]C([2H])(c1noc(CN2C(=O)C(C)C=[N+](C)C2=O)n1)[C@@H](O)c1ccc(Cl)cc1. The highest BCUT2D eigenvalue weighted by Crippen LogP contribution is 2.20. The summed E-state index contributed by atoms with van der Waals surface area (Å²) in [5.41, 5.74) is 0.285. The Hall–Kier alpha value is -2.58. The van der Waals surface area contributed by atoms with Crippen LogP contribution in [0.3, 0.4) is 0 Å². The zero-order chi connectivity index (χ0) is 20.6. The molecule has 8 nitrogen and oxygen atoms in total. The molecular formula is C17H18ClN4O4+. The fourth-order valence-electron chi connectivity index (χ4n) is 2.50. The van der Waals surface area contributed by atoms with Crippen molar-refractivity contribution in [3.05, 3.63) is 46.6 Å². The van der Waals surface area contributed by atoms with Gasteiger partial charge >= 0.3 is 11.9 Å². The summed E-state index contributed by atoms with van der Waals surface area (Å²) in [6.07, 6.45) is -2.44. The molecule has 2 aromatic rings. The number of urea groups is 1. The molecule has 0 saturated carbocycles. The summed E-state index contributed by atoms with van der Waals surface area (Å²) in [7, 11) is 1.53. The molecule has 0 saturated heterocycles. The molecule has 0 bridgehead atoms. The van der Waals surface area contributed by atoms with E-state index in [4.69, 9.17) is 18.9 Å². The van der Waals surface area contributed by atoms with Gasteiger partial charge in [-0.15, -0.1) is 0 Å². The second kappa shape index (κ2) is 7.35. The monoisotopic (exact) mass is 379 g/mol. The summed E-state index contributed by atoms with van der Waals surface area (Å²) >= 11 is 5.81. The first-order chi connectivity index (χ1) is 13.1. The molecule has 0 radical (unpaired) electrons. The Morgan fingerprint density at radius 1 is 1.42 bits per heavy atom. The van der Waals surface area contributed by atoms with Gasteiger partial charge in [0.1, 0.15) is 5.92 Å². The largest absolute Gasteiger partial charge is 0.500 e. The maximum absolute atomic E-state index is 12.2. The molecule has 3 amide bonds. The Labute approximate surface area is 157 Å². The van der Waals surface area contributed by atoms with E-state index in [0.29, 0.717) is 5.02 Å². The highest BCUT2D eigenvalue weighted by atomic mass is 35.5. The Kier molecular flexibility index (Phi) is 4.42. The van der Waals surface area contributed by atoms with Crippen LogP contribution in [0.4, 0.5) is 4.79 Å². The van der Waals surface area contributed by atoms with Crippen LogP contribution in [0.5, 0.6) is 0 Å². The lowest BCUT2D eigenvalue weighted by atomic mass is 10.1. The van der Waals surface area contributed by atoms with E-state index in [0.717, 1.165) is 4.90 Å². The van der Waals surface area contributed by atoms with Crippen LogP contribution in [-0.4, -0.2) is 49.9 Å². The summed E-state index contributed by atoms with van der Waals surface area (Å²) in [6, 6.07) is 5.49. The van der Waals surface area contributed by atoms with Crippen molar-refractivity contribution >= 4 is 29.8 Å². The van der Waals surface area contributed by atoms with Gasteiger partial charge in [-0.25, -0.2) is 9.37 Å². The molecule has 1 aromatic heterocycles. The second-order valence-corrected chi connectivity index (χ2v) is 6.30. The maximum atomic E-state index is 12.2. The summed E-state index contributed by atoms with van der Waals surface area (Å²) in [6.45, 7) is 1.36. The maximum Gasteiger partial charge on any atom is 0.500 e. The van der Waals surface area contributed by atoms with Crippen LogP contribution in [0, 0.1) is 5.92 Å². The average molecular weight is 380 g/mol. The van der Waals surface area contributed by atoms with Gasteiger partial charge in [-0.3, -0.25) is 0 Å². The van der Waals surface area contributed by atoms with Crippen LogP contribution in [0.1, 0.15) is 33.0 Å². The van der Waals surface area contributed by atoms with E-state index in [1.807, 2.05) is 0 Å². The predicted molar refractivity (Wildman–Crippen MR) is 91.8 cm³/mol. The van der Waals surface area contributed by atoms with Gasteiger partial charge < -0.3 is 9.63 Å². The van der Waals surface area contributed by atoms with E-state index >= 15 is 0 Å². The fourth-order valence-corrected chi connectivity index (χ4v) is 2.63. The number of carbonyl (C=O) groups excluding carboxylic acids is 2. The Morgan fingerprint density at radius 3 is 2.81 bits per heavy atom. The molecule has 1 N–H and O–H groups in total. The first-order valence-electron chi connectivity index (χ1n) is 8.81. The lowest BCUT2D eigenvalue weighted by molar-refractivity contribution is -0.402. The Bertz CT molecular complexity index is 945. The molecule has 1 unspecified atom stereocenters. The summed E-state index contributed by atoms with van der Waals surface area (Å²) in [5.74, 6) is -1.43. The molecule has 2 heterocycles. The van der Waals surface area contributed by atoms with Gasteiger partial charge in [0.2, 0.25) is 0 Å². The number of hydrogen-bond donors (Lipinski definition) is 1. The van der Waals surface area contributed by atoms with Crippen LogP contribution >= 0.6 is 11.6 Å². The van der Waals surface area contributed by atoms with Crippen LogP contribution in [0.25, 0.3) is 0 Å². The molecule has 2 atom stereocenters. The second-order valence-electron chi connectivity index (χ2n) is 5.87. The number of benzene rings is 1. The molecular weight excluding hydrogens is 360 g/mol. The number of aliphatic hydroxyl groups excluding tert-OH is 1. The van der Waals surface area contributed by atoms with E-state index in [2.05, 4.69) is 10.1 Å². The first-order valence-corrected chi connectivity index (χ1v) is 8.19. The first kappa shape index (κ1) is 15.7. The van der Waals surface area contributed by atoms with Gasteiger partial charge in [-0.05, 0) is 24.6 Å². The van der Waals surface area contributed by atoms with Gasteiger partial charge in [0.25, 0.3) is 5.89 Å². The number of carbonyl (C=O) groups is 2. The number of nitrogens with zero attached hydrogens (tertiary/aromatic N) is 4. The highest BCUT2D eigenvalue weighted by Gasteiger charge is 2.40. The van der Waals surface area contributed by atoms with Gasteiger partial charge in [0.15, 0.2) is 12.4 Å². The number of hydrogen-bond acceptors (Lipinski definition) is 6. The Morgan fingerprint density at radius 2 is 2.12 bits per heavy atom. The van der Waals surface area contributed by atoms with Gasteiger partial charge in [-0.2, -0.15) is 14.7 Å². The highest BCUT2D eigenvalue weighted by molar-refractivity contribution is 6.30. The third-order valence-electron chi connectivity index (χ3n) is 3.85. The van der Waals surface area contributed by atoms with Crippen molar-refractivity contribution in [2.75, 3.05) is 7.05 Å². The van der Waals surface area contributed by atoms with E-state index in [1.165, 1.54) is 42.1 Å². The minimum absolute atomic E-state index is 0.119. The third-order valence-corrected chi connectivity index (χ3v) is 4.10. The predicted octanol–water partition coefficient (Wildman–Crippen LogP) is 1.81. The molecule has 0 aliphatic carbocycles. The van der Waals surface area contributed by atoms with Gasteiger partial charge in [0, 0.05) is 14.1 Å². The van der Waals surface area contributed by atoms with E-state index in [9.17, 15) is 14.7 Å². The van der Waals surface area contributed by atoms with Crippen LogP contribution in [0.2, 0.25) is 5.02 Å². The number of aliphatic hydroxyl groups is 1. The van der Waals surface area contributed by atoms with E-state index in [-0.39, 0.29) is 18.0 Å². The average Bonchev–Trinajstić information content (AvgIpc) is 3.13. The molecule has 0 fully saturated rings. The molecule has 1 aliphatic rings. The fraction of sp³-hybridized carbons (Fsp3) is 0.353. The summed E-state index contributed by atoms with van der Waals surface area (Å²) in [5, 5.41) is 14.4. The van der Waals surface area contributed by atoms with Crippen molar-refractivity contribution in [1.82, 2.24) is 15.0 Å². The molecule has 136 valence electrons. The normalized spacial score (nSPS) is 20.5. The van der Waals surface area contributed by atoms with Gasteiger partial charge in [-0.1, -0.05) is 28.9 Å². The van der Waals surface area contributed by atoms with Crippen LogP contribution in [-0.2, 0) is 17.7 Å². The topological polar surface area (TPSA) is 99.5 Å². The minimum Gasteiger partial charge on any atom is -0.388 e. The van der Waals surface area contributed by atoms with Crippen molar-refractivity contribution in [3.63, 3.8) is 0 Å². The van der Waals surface area contributed by atoms with Crippen molar-refractivity contribution in [2.24, 2.45) is 5.92 Å². The minimum atomic E-state index is -2.37.